The normalized spacial score (nSPS) is 13.9. The second-order valence-corrected chi connectivity index (χ2v) is 6.36. The molecule has 0 fully saturated rings. The van der Waals surface area contributed by atoms with Gasteiger partial charge in [0, 0.05) is 25.3 Å². The van der Waals surface area contributed by atoms with E-state index in [0.29, 0.717) is 23.8 Å². The van der Waals surface area contributed by atoms with Crippen molar-refractivity contribution in [2.24, 2.45) is 0 Å². The highest BCUT2D eigenvalue weighted by Crippen LogP contribution is 2.38. The third-order valence-corrected chi connectivity index (χ3v) is 4.63. The minimum Gasteiger partial charge on any atom is -0.493 e. The lowest BCUT2D eigenvalue weighted by Crippen LogP contribution is -2.26. The van der Waals surface area contributed by atoms with E-state index in [-0.39, 0.29) is 0 Å². The Kier molecular flexibility index (Phi) is 5.34. The summed E-state index contributed by atoms with van der Waals surface area (Å²) < 4.78 is 16.2. The Hall–Kier alpha value is -2.40. The van der Waals surface area contributed by atoms with E-state index in [0.717, 1.165) is 30.8 Å². The summed E-state index contributed by atoms with van der Waals surface area (Å²) in [7, 11) is 7.05. The van der Waals surface area contributed by atoms with E-state index in [1.807, 2.05) is 12.1 Å². The van der Waals surface area contributed by atoms with Gasteiger partial charge < -0.3 is 24.4 Å². The number of benzene rings is 2. The van der Waals surface area contributed by atoms with E-state index >= 15 is 0 Å². The Morgan fingerprint density at radius 3 is 2.32 bits per heavy atom. The highest BCUT2D eigenvalue weighted by atomic mass is 16.5. The summed E-state index contributed by atoms with van der Waals surface area (Å²) in [5.74, 6) is 1.96. The number of nitrogens with one attached hydrogen (secondary N) is 1. The van der Waals surface area contributed by atoms with Gasteiger partial charge in [-0.25, -0.2) is 0 Å². The lowest BCUT2D eigenvalue weighted by Gasteiger charge is -2.25. The summed E-state index contributed by atoms with van der Waals surface area (Å²) in [4.78, 5) is 2.35. The van der Waals surface area contributed by atoms with Crippen molar-refractivity contribution < 1.29 is 14.2 Å². The Morgan fingerprint density at radius 2 is 1.68 bits per heavy atom. The number of hydrogen-bond donors (Lipinski definition) is 1. The van der Waals surface area contributed by atoms with E-state index in [1.165, 1.54) is 11.1 Å². The maximum absolute atomic E-state index is 5.42. The van der Waals surface area contributed by atoms with Crippen LogP contribution in [0.2, 0.25) is 0 Å². The zero-order chi connectivity index (χ0) is 17.8. The highest BCUT2D eigenvalue weighted by molar-refractivity contribution is 5.55. The van der Waals surface area contributed by atoms with Crippen molar-refractivity contribution in [2.75, 3.05) is 40.2 Å². The summed E-state index contributed by atoms with van der Waals surface area (Å²) in [6.07, 6.45) is 1.12. The molecule has 0 saturated heterocycles. The second kappa shape index (κ2) is 7.66. The molecular formula is C20H26N2O3. The first-order valence-corrected chi connectivity index (χ1v) is 8.47. The van der Waals surface area contributed by atoms with Crippen LogP contribution < -0.4 is 19.5 Å². The van der Waals surface area contributed by atoms with E-state index in [9.17, 15) is 0 Å². The van der Waals surface area contributed by atoms with Crippen molar-refractivity contribution in [1.29, 1.82) is 0 Å². The number of likely N-dealkylation sites (N-methyl/N-ethyl adjacent to an activating group) is 1. The molecule has 0 amide bonds. The van der Waals surface area contributed by atoms with Crippen molar-refractivity contribution in [1.82, 2.24) is 4.90 Å². The molecule has 0 aromatic heterocycles. The van der Waals surface area contributed by atoms with Gasteiger partial charge in [0.05, 0.1) is 21.3 Å². The third-order valence-electron chi connectivity index (χ3n) is 4.63. The van der Waals surface area contributed by atoms with Gasteiger partial charge in [0.25, 0.3) is 0 Å². The number of fused-ring (bicyclic) bond motifs is 1. The minimum absolute atomic E-state index is 0.616. The topological polar surface area (TPSA) is 43.0 Å². The first-order chi connectivity index (χ1) is 12.1. The van der Waals surface area contributed by atoms with Crippen molar-refractivity contribution in [3.8, 4) is 17.2 Å². The molecule has 5 nitrogen and oxygen atoms in total. The van der Waals surface area contributed by atoms with E-state index in [4.69, 9.17) is 14.2 Å². The molecule has 3 rings (SSSR count). The van der Waals surface area contributed by atoms with Gasteiger partial charge in [-0.15, -0.1) is 0 Å². The van der Waals surface area contributed by atoms with E-state index < -0.39 is 0 Å². The zero-order valence-electron chi connectivity index (χ0n) is 15.4. The zero-order valence-corrected chi connectivity index (χ0v) is 15.4. The summed E-state index contributed by atoms with van der Waals surface area (Å²) >= 11 is 0. The average Bonchev–Trinajstić information content (AvgIpc) is 2.64. The predicted octanol–water partition coefficient (Wildman–Crippen LogP) is 3.31. The van der Waals surface area contributed by atoms with Gasteiger partial charge >= 0.3 is 0 Å². The molecule has 2 aromatic carbocycles. The van der Waals surface area contributed by atoms with E-state index in [2.05, 4.69) is 35.5 Å². The summed E-state index contributed by atoms with van der Waals surface area (Å²) in [6.45, 7) is 2.82. The molecule has 5 heteroatoms. The van der Waals surface area contributed by atoms with Crippen molar-refractivity contribution in [3.63, 3.8) is 0 Å². The minimum atomic E-state index is 0.616. The SMILES string of the molecule is COc1cc(CNc2ccc3c(c2)CN(C)CC3)cc(OC)c1OC. The lowest BCUT2D eigenvalue weighted by atomic mass is 9.99. The van der Waals surface area contributed by atoms with Crippen LogP contribution in [0.15, 0.2) is 30.3 Å². The van der Waals surface area contributed by atoms with Crippen LogP contribution in [-0.4, -0.2) is 39.8 Å². The van der Waals surface area contributed by atoms with Crippen LogP contribution in [0.25, 0.3) is 0 Å². The molecule has 0 radical (unpaired) electrons. The van der Waals surface area contributed by atoms with Crippen LogP contribution >= 0.6 is 0 Å². The molecule has 25 heavy (non-hydrogen) atoms. The maximum atomic E-state index is 5.42. The number of anilines is 1. The van der Waals surface area contributed by atoms with Crippen LogP contribution in [0.5, 0.6) is 17.2 Å². The number of hydrogen-bond acceptors (Lipinski definition) is 5. The molecule has 0 aliphatic carbocycles. The fourth-order valence-electron chi connectivity index (χ4n) is 3.25. The molecule has 1 aliphatic heterocycles. The average molecular weight is 342 g/mol. The summed E-state index contributed by atoms with van der Waals surface area (Å²) in [6, 6.07) is 10.6. The van der Waals surface area contributed by atoms with Crippen LogP contribution in [0.3, 0.4) is 0 Å². The van der Waals surface area contributed by atoms with Gasteiger partial charge in [-0.2, -0.15) is 0 Å². The molecule has 134 valence electrons. The molecule has 2 aromatic rings. The predicted molar refractivity (Wildman–Crippen MR) is 99.9 cm³/mol. The smallest absolute Gasteiger partial charge is 0.203 e. The lowest BCUT2D eigenvalue weighted by molar-refractivity contribution is 0.313. The Balaban J connectivity index is 1.76. The summed E-state index contributed by atoms with van der Waals surface area (Å²) in [5, 5.41) is 3.50. The molecule has 0 unspecified atom stereocenters. The molecule has 1 aliphatic rings. The van der Waals surface area contributed by atoms with Gasteiger partial charge in [0.2, 0.25) is 5.75 Å². The molecule has 1 heterocycles. The maximum Gasteiger partial charge on any atom is 0.203 e. The molecular weight excluding hydrogens is 316 g/mol. The Labute approximate surface area is 149 Å². The number of nitrogens with zero attached hydrogens (tertiary/aromatic N) is 1. The first-order valence-electron chi connectivity index (χ1n) is 8.47. The Bertz CT molecular complexity index is 721. The van der Waals surface area contributed by atoms with Crippen LogP contribution in [0.1, 0.15) is 16.7 Å². The van der Waals surface area contributed by atoms with Gasteiger partial charge in [0.1, 0.15) is 0 Å². The van der Waals surface area contributed by atoms with Gasteiger partial charge in [0.15, 0.2) is 11.5 Å². The van der Waals surface area contributed by atoms with Gasteiger partial charge in [-0.3, -0.25) is 0 Å². The second-order valence-electron chi connectivity index (χ2n) is 6.36. The van der Waals surface area contributed by atoms with Crippen molar-refractivity contribution >= 4 is 5.69 Å². The van der Waals surface area contributed by atoms with Crippen molar-refractivity contribution in [2.45, 2.75) is 19.5 Å². The highest BCUT2D eigenvalue weighted by Gasteiger charge is 2.15. The molecule has 0 bridgehead atoms. The first kappa shape index (κ1) is 17.4. The van der Waals surface area contributed by atoms with Gasteiger partial charge in [-0.1, -0.05) is 6.07 Å². The fourth-order valence-corrected chi connectivity index (χ4v) is 3.25. The number of rotatable bonds is 6. The van der Waals surface area contributed by atoms with Crippen LogP contribution in [-0.2, 0) is 19.5 Å². The van der Waals surface area contributed by atoms with Crippen LogP contribution in [0, 0.1) is 0 Å². The van der Waals surface area contributed by atoms with Crippen LogP contribution in [0.4, 0.5) is 5.69 Å². The molecule has 0 spiro atoms. The Morgan fingerprint density at radius 1 is 0.960 bits per heavy atom. The van der Waals surface area contributed by atoms with Gasteiger partial charge in [-0.05, 0) is 54.4 Å². The largest absolute Gasteiger partial charge is 0.493 e. The molecule has 0 atom stereocenters. The molecule has 1 N–H and O–H groups in total. The van der Waals surface area contributed by atoms with Crippen molar-refractivity contribution in [3.05, 3.63) is 47.0 Å². The number of ether oxygens (including phenoxy) is 3. The summed E-state index contributed by atoms with van der Waals surface area (Å²) in [5.41, 5.74) is 5.06. The fraction of sp³-hybridized carbons (Fsp3) is 0.400. The monoisotopic (exact) mass is 342 g/mol. The number of methoxy groups -OCH3 is 3. The standard InChI is InChI=1S/C20H26N2O3/c1-22-8-7-15-5-6-17(11-16(15)13-22)21-12-14-9-18(23-2)20(25-4)19(10-14)24-3/h5-6,9-11,21H,7-8,12-13H2,1-4H3. The quantitative estimate of drug-likeness (QED) is 0.872. The third kappa shape index (κ3) is 3.82. The van der Waals surface area contributed by atoms with E-state index in [1.54, 1.807) is 21.3 Å². The molecule has 0 saturated carbocycles.